The van der Waals surface area contributed by atoms with E-state index in [0.717, 1.165) is 38.2 Å². The Morgan fingerprint density at radius 1 is 1.60 bits per heavy atom. The third kappa shape index (κ3) is 4.35. The van der Waals surface area contributed by atoms with Gasteiger partial charge in [-0.25, -0.2) is 4.98 Å². The number of aromatic nitrogens is 1. The number of nitrogens with one attached hydrogen (secondary N) is 1. The maximum absolute atomic E-state index is 11.0. The van der Waals surface area contributed by atoms with Gasteiger partial charge in [-0.3, -0.25) is 10.1 Å². The standard InChI is InChI=1S/C13H19N3O3S/c1-2-5-14-12-7-10(16(17)18)8-13(15-12)20-9-11-4-3-6-19-11/h7-8,11H,2-6,9H2,1H3,(H,14,15). The van der Waals surface area contributed by atoms with Gasteiger partial charge in [0.15, 0.2) is 0 Å². The molecule has 0 aliphatic carbocycles. The van der Waals surface area contributed by atoms with E-state index in [4.69, 9.17) is 4.74 Å². The number of nitrogens with zero attached hydrogens (tertiary/aromatic N) is 2. The summed E-state index contributed by atoms with van der Waals surface area (Å²) in [5.74, 6) is 1.36. The van der Waals surface area contributed by atoms with E-state index in [1.807, 2.05) is 6.92 Å². The summed E-state index contributed by atoms with van der Waals surface area (Å²) in [4.78, 5) is 15.0. The fourth-order valence-corrected chi connectivity index (χ4v) is 2.96. The van der Waals surface area contributed by atoms with E-state index in [9.17, 15) is 10.1 Å². The average molecular weight is 297 g/mol. The van der Waals surface area contributed by atoms with Crippen molar-refractivity contribution in [1.82, 2.24) is 4.98 Å². The number of anilines is 1. The van der Waals surface area contributed by atoms with Gasteiger partial charge in [0.25, 0.3) is 5.69 Å². The second-order valence-electron chi connectivity index (χ2n) is 4.68. The molecule has 110 valence electrons. The van der Waals surface area contributed by atoms with E-state index in [2.05, 4.69) is 10.3 Å². The van der Waals surface area contributed by atoms with Gasteiger partial charge in [-0.15, -0.1) is 11.8 Å². The van der Waals surface area contributed by atoms with Gasteiger partial charge >= 0.3 is 0 Å². The zero-order valence-corrected chi connectivity index (χ0v) is 12.3. The molecule has 0 radical (unpaired) electrons. The molecule has 7 heteroatoms. The minimum Gasteiger partial charge on any atom is -0.377 e. The Balaban J connectivity index is 2.04. The summed E-state index contributed by atoms with van der Waals surface area (Å²) in [5, 5.41) is 14.7. The van der Waals surface area contributed by atoms with Gasteiger partial charge in [-0.2, -0.15) is 0 Å². The van der Waals surface area contributed by atoms with Crippen LogP contribution in [0.1, 0.15) is 26.2 Å². The van der Waals surface area contributed by atoms with Gasteiger partial charge in [0.1, 0.15) is 10.8 Å². The fourth-order valence-electron chi connectivity index (χ4n) is 1.97. The van der Waals surface area contributed by atoms with E-state index in [0.29, 0.717) is 10.8 Å². The molecule has 1 N–H and O–H groups in total. The van der Waals surface area contributed by atoms with E-state index < -0.39 is 0 Å². The summed E-state index contributed by atoms with van der Waals surface area (Å²) in [7, 11) is 0. The minimum atomic E-state index is -0.380. The number of rotatable bonds is 7. The van der Waals surface area contributed by atoms with E-state index in [1.165, 1.54) is 23.9 Å². The van der Waals surface area contributed by atoms with E-state index >= 15 is 0 Å². The maximum Gasteiger partial charge on any atom is 0.275 e. The average Bonchev–Trinajstić information content (AvgIpc) is 2.96. The van der Waals surface area contributed by atoms with Crippen LogP contribution in [-0.2, 0) is 4.74 Å². The monoisotopic (exact) mass is 297 g/mol. The summed E-state index contributed by atoms with van der Waals surface area (Å²) in [6.07, 6.45) is 3.34. The predicted molar refractivity (Wildman–Crippen MR) is 79.4 cm³/mol. The van der Waals surface area contributed by atoms with Crippen molar-refractivity contribution in [2.24, 2.45) is 0 Å². The van der Waals surface area contributed by atoms with Crippen LogP contribution < -0.4 is 5.32 Å². The Labute approximate surface area is 122 Å². The van der Waals surface area contributed by atoms with Crippen LogP contribution in [0.4, 0.5) is 11.5 Å². The van der Waals surface area contributed by atoms with Gasteiger partial charge in [0.2, 0.25) is 0 Å². The van der Waals surface area contributed by atoms with E-state index in [1.54, 1.807) is 0 Å². The summed E-state index contributed by atoms with van der Waals surface area (Å²) < 4.78 is 5.55. The van der Waals surface area contributed by atoms with Crippen LogP contribution in [0.3, 0.4) is 0 Å². The van der Waals surface area contributed by atoms with Crippen LogP contribution in [0.5, 0.6) is 0 Å². The number of hydrogen-bond acceptors (Lipinski definition) is 6. The summed E-state index contributed by atoms with van der Waals surface area (Å²) in [5.41, 5.74) is 0.0773. The fraction of sp³-hybridized carbons (Fsp3) is 0.615. The summed E-state index contributed by atoms with van der Waals surface area (Å²) >= 11 is 1.52. The van der Waals surface area contributed by atoms with Gasteiger partial charge in [0.05, 0.1) is 17.1 Å². The number of pyridine rings is 1. The van der Waals surface area contributed by atoms with Crippen LogP contribution in [0.2, 0.25) is 0 Å². The van der Waals surface area contributed by atoms with Gasteiger partial charge in [-0.1, -0.05) is 6.92 Å². The molecule has 2 heterocycles. The lowest BCUT2D eigenvalue weighted by Crippen LogP contribution is -2.08. The molecule has 1 unspecified atom stereocenters. The second-order valence-corrected chi connectivity index (χ2v) is 5.72. The molecule has 1 aromatic heterocycles. The highest BCUT2D eigenvalue weighted by atomic mass is 32.2. The lowest BCUT2D eigenvalue weighted by molar-refractivity contribution is -0.385. The van der Waals surface area contributed by atoms with Crippen LogP contribution in [-0.4, -0.2) is 34.9 Å². The lowest BCUT2D eigenvalue weighted by Gasteiger charge is -2.09. The third-order valence-electron chi connectivity index (χ3n) is 2.99. The first-order chi connectivity index (χ1) is 9.69. The van der Waals surface area contributed by atoms with Crippen LogP contribution in [0.15, 0.2) is 17.2 Å². The Bertz CT molecular complexity index is 464. The first-order valence-corrected chi connectivity index (χ1v) is 7.82. The molecule has 0 saturated carbocycles. The smallest absolute Gasteiger partial charge is 0.275 e. The molecule has 1 aliphatic rings. The molecule has 1 aromatic rings. The minimum absolute atomic E-state index is 0.0773. The Morgan fingerprint density at radius 2 is 2.45 bits per heavy atom. The Kier molecular flexibility index (Phi) is 5.60. The topological polar surface area (TPSA) is 77.3 Å². The zero-order valence-electron chi connectivity index (χ0n) is 11.5. The van der Waals surface area contributed by atoms with Crippen molar-refractivity contribution in [2.45, 2.75) is 37.3 Å². The van der Waals surface area contributed by atoms with Crippen molar-refractivity contribution >= 4 is 23.3 Å². The number of hydrogen-bond donors (Lipinski definition) is 1. The number of nitro groups is 1. The quantitative estimate of drug-likeness (QED) is 0.473. The maximum atomic E-state index is 11.0. The highest BCUT2D eigenvalue weighted by Crippen LogP contribution is 2.27. The number of thioether (sulfide) groups is 1. The van der Waals surface area contributed by atoms with Gasteiger partial charge in [0, 0.05) is 25.0 Å². The Hall–Kier alpha value is -1.34. The summed E-state index contributed by atoms with van der Waals surface area (Å²) in [6, 6.07) is 3.00. The first kappa shape index (κ1) is 15.1. The van der Waals surface area contributed by atoms with Crippen molar-refractivity contribution in [3.8, 4) is 0 Å². The highest BCUT2D eigenvalue weighted by molar-refractivity contribution is 7.99. The largest absolute Gasteiger partial charge is 0.377 e. The van der Waals surface area contributed by atoms with Crippen molar-refractivity contribution in [2.75, 3.05) is 24.2 Å². The zero-order chi connectivity index (χ0) is 14.4. The van der Waals surface area contributed by atoms with Crippen LogP contribution >= 0.6 is 11.8 Å². The molecule has 1 fully saturated rings. The molecule has 0 spiro atoms. The summed E-state index contributed by atoms with van der Waals surface area (Å²) in [6.45, 7) is 3.61. The molecule has 1 aliphatic heterocycles. The first-order valence-electron chi connectivity index (χ1n) is 6.84. The molecular weight excluding hydrogens is 278 g/mol. The molecule has 6 nitrogen and oxygen atoms in total. The van der Waals surface area contributed by atoms with Crippen LogP contribution in [0, 0.1) is 10.1 Å². The van der Waals surface area contributed by atoms with Crippen molar-refractivity contribution in [3.63, 3.8) is 0 Å². The SMILES string of the molecule is CCCNc1cc([N+](=O)[O-])cc(SCC2CCCO2)n1. The van der Waals surface area contributed by atoms with Crippen molar-refractivity contribution in [1.29, 1.82) is 0 Å². The molecule has 0 bridgehead atoms. The second kappa shape index (κ2) is 7.44. The Morgan fingerprint density at radius 3 is 3.10 bits per heavy atom. The molecule has 20 heavy (non-hydrogen) atoms. The molecular formula is C13H19N3O3S. The molecule has 0 aromatic carbocycles. The lowest BCUT2D eigenvalue weighted by atomic mass is 10.3. The normalized spacial score (nSPS) is 18.1. The number of ether oxygens (including phenoxy) is 1. The highest BCUT2D eigenvalue weighted by Gasteiger charge is 2.17. The predicted octanol–water partition coefficient (Wildman–Crippen LogP) is 3.08. The molecule has 2 rings (SSSR count). The molecule has 1 atom stereocenters. The third-order valence-corrected chi connectivity index (χ3v) is 4.04. The van der Waals surface area contributed by atoms with Crippen LogP contribution in [0.25, 0.3) is 0 Å². The van der Waals surface area contributed by atoms with Gasteiger partial charge < -0.3 is 10.1 Å². The van der Waals surface area contributed by atoms with E-state index in [-0.39, 0.29) is 16.7 Å². The molecule has 1 saturated heterocycles. The van der Waals surface area contributed by atoms with Gasteiger partial charge in [-0.05, 0) is 19.3 Å². The van der Waals surface area contributed by atoms with Crippen molar-refractivity contribution in [3.05, 3.63) is 22.2 Å². The molecule has 0 amide bonds. The van der Waals surface area contributed by atoms with Crippen molar-refractivity contribution < 1.29 is 9.66 Å².